The zero-order valence-electron chi connectivity index (χ0n) is 13.2. The second kappa shape index (κ2) is 7.79. The number of nitrogen functional groups attached to an aromatic ring is 1. The lowest BCUT2D eigenvalue weighted by molar-refractivity contribution is 0.173. The predicted molar refractivity (Wildman–Crippen MR) is 97.4 cm³/mol. The number of imidazole rings is 1. The predicted octanol–water partition coefficient (Wildman–Crippen LogP) is 2.42. The summed E-state index contributed by atoms with van der Waals surface area (Å²) < 4.78 is 12.5. The van der Waals surface area contributed by atoms with Gasteiger partial charge in [0.25, 0.3) is 0 Å². The van der Waals surface area contributed by atoms with Crippen molar-refractivity contribution in [2.75, 3.05) is 25.8 Å². The van der Waals surface area contributed by atoms with Gasteiger partial charge in [-0.3, -0.25) is 0 Å². The maximum atomic E-state index is 5.88. The summed E-state index contributed by atoms with van der Waals surface area (Å²) in [6.45, 7) is 1.24. The quantitative estimate of drug-likeness (QED) is 0.392. The van der Waals surface area contributed by atoms with Crippen LogP contribution in [0.1, 0.15) is 0 Å². The van der Waals surface area contributed by atoms with Crippen molar-refractivity contribution in [3.05, 3.63) is 30.6 Å². The summed E-state index contributed by atoms with van der Waals surface area (Å²) in [6, 6.07) is 7.75. The van der Waals surface area contributed by atoms with Gasteiger partial charge in [0.2, 0.25) is 5.95 Å². The topological polar surface area (TPSA) is 88.1 Å². The van der Waals surface area contributed by atoms with E-state index in [0.29, 0.717) is 25.1 Å². The molecule has 0 aliphatic rings. The summed E-state index contributed by atoms with van der Waals surface area (Å²) in [5.74, 6) is 1.04. The summed E-state index contributed by atoms with van der Waals surface area (Å²) in [4.78, 5) is 14.1. The second-order valence-corrected chi connectivity index (χ2v) is 6.25. The molecule has 0 saturated carbocycles. The van der Waals surface area contributed by atoms with E-state index < -0.39 is 0 Å². The van der Waals surface area contributed by atoms with E-state index >= 15 is 0 Å². The first-order chi connectivity index (χ1) is 11.7. The van der Waals surface area contributed by atoms with E-state index in [9.17, 15) is 0 Å². The lowest BCUT2D eigenvalue weighted by atomic mass is 10.3. The molecule has 0 radical (unpaired) electrons. The van der Waals surface area contributed by atoms with Gasteiger partial charge in [-0.15, -0.1) is 9.24 Å². The average molecular weight is 363 g/mol. The zero-order chi connectivity index (χ0) is 16.9. The number of ether oxygens (including phenoxy) is 2. The van der Waals surface area contributed by atoms with Crippen molar-refractivity contribution < 1.29 is 9.47 Å². The minimum Gasteiger partial charge on any atom is -0.497 e. The molecule has 0 saturated heterocycles. The van der Waals surface area contributed by atoms with E-state index in [4.69, 9.17) is 15.2 Å². The molecule has 0 aliphatic carbocycles. The molecule has 0 bridgehead atoms. The number of anilines is 1. The van der Waals surface area contributed by atoms with E-state index in [2.05, 4.69) is 24.2 Å². The molecular weight excluding hydrogens is 345 g/mol. The van der Waals surface area contributed by atoms with Gasteiger partial charge < -0.3 is 19.8 Å². The Morgan fingerprint density at radius 1 is 1.25 bits per heavy atom. The Hall–Kier alpha value is -1.89. The van der Waals surface area contributed by atoms with E-state index in [1.54, 1.807) is 13.4 Å². The monoisotopic (exact) mass is 363 g/mol. The van der Waals surface area contributed by atoms with Crippen molar-refractivity contribution in [2.45, 2.75) is 16.5 Å². The van der Waals surface area contributed by atoms with Crippen molar-refractivity contribution in [3.8, 4) is 5.75 Å². The van der Waals surface area contributed by atoms with Crippen LogP contribution in [-0.4, -0.2) is 39.6 Å². The van der Waals surface area contributed by atoms with Crippen LogP contribution in [0.4, 0.5) is 5.95 Å². The molecule has 0 aliphatic heterocycles. The third-order valence-electron chi connectivity index (χ3n) is 3.32. The molecule has 24 heavy (non-hydrogen) atoms. The SMILES string of the molecule is COc1ccc(Sc2nc(N)nc3c2ncn3CCOCP)cc1. The normalized spacial score (nSPS) is 11.1. The zero-order valence-corrected chi connectivity index (χ0v) is 15.1. The Morgan fingerprint density at radius 3 is 2.75 bits per heavy atom. The molecule has 126 valence electrons. The van der Waals surface area contributed by atoms with Crippen LogP contribution in [0.25, 0.3) is 11.2 Å². The lowest BCUT2D eigenvalue weighted by Gasteiger charge is -2.06. The summed E-state index contributed by atoms with van der Waals surface area (Å²) in [7, 11) is 4.17. The Morgan fingerprint density at radius 2 is 2.04 bits per heavy atom. The summed E-state index contributed by atoms with van der Waals surface area (Å²) in [5, 5.41) is 0.730. The van der Waals surface area contributed by atoms with Crippen LogP contribution >= 0.6 is 21.0 Å². The van der Waals surface area contributed by atoms with Crippen molar-refractivity contribution >= 4 is 38.1 Å². The number of nitrogens with zero attached hydrogens (tertiary/aromatic N) is 4. The number of hydrogen-bond acceptors (Lipinski definition) is 7. The minimum absolute atomic E-state index is 0.229. The molecule has 7 nitrogen and oxygen atoms in total. The molecule has 3 rings (SSSR count). The third kappa shape index (κ3) is 3.77. The Bertz CT molecular complexity index is 825. The molecule has 2 heterocycles. The molecule has 0 amide bonds. The number of rotatable bonds is 7. The van der Waals surface area contributed by atoms with Gasteiger partial charge in [0, 0.05) is 11.4 Å². The minimum atomic E-state index is 0.229. The molecule has 2 N–H and O–H groups in total. The van der Waals surface area contributed by atoms with Crippen LogP contribution in [-0.2, 0) is 11.3 Å². The van der Waals surface area contributed by atoms with Crippen molar-refractivity contribution in [2.24, 2.45) is 0 Å². The van der Waals surface area contributed by atoms with Crippen LogP contribution in [0.15, 0.2) is 40.5 Å². The molecule has 0 fully saturated rings. The fourth-order valence-corrected chi connectivity index (χ4v) is 3.21. The molecule has 0 spiro atoms. The van der Waals surface area contributed by atoms with E-state index in [1.165, 1.54) is 11.8 Å². The van der Waals surface area contributed by atoms with Gasteiger partial charge >= 0.3 is 0 Å². The summed E-state index contributed by atoms with van der Waals surface area (Å²) in [5.41, 5.74) is 7.32. The number of fused-ring (bicyclic) bond motifs is 1. The smallest absolute Gasteiger partial charge is 0.223 e. The van der Waals surface area contributed by atoms with Gasteiger partial charge in [-0.05, 0) is 24.3 Å². The van der Waals surface area contributed by atoms with Crippen LogP contribution in [0.3, 0.4) is 0 Å². The van der Waals surface area contributed by atoms with Gasteiger partial charge in [0.15, 0.2) is 5.65 Å². The van der Waals surface area contributed by atoms with E-state index in [1.807, 2.05) is 28.8 Å². The molecule has 9 heteroatoms. The maximum absolute atomic E-state index is 5.88. The number of benzene rings is 1. The van der Waals surface area contributed by atoms with Gasteiger partial charge in [0.1, 0.15) is 16.3 Å². The Balaban J connectivity index is 1.89. The second-order valence-electron chi connectivity index (χ2n) is 4.85. The van der Waals surface area contributed by atoms with Gasteiger partial charge in [-0.2, -0.15) is 4.98 Å². The highest BCUT2D eigenvalue weighted by atomic mass is 32.2. The van der Waals surface area contributed by atoms with Gasteiger partial charge in [-0.25, -0.2) is 9.97 Å². The van der Waals surface area contributed by atoms with E-state index in [-0.39, 0.29) is 5.95 Å². The number of nitrogens with two attached hydrogens (primary N) is 1. The van der Waals surface area contributed by atoms with Crippen LogP contribution in [0, 0.1) is 0 Å². The number of hydrogen-bond donors (Lipinski definition) is 1. The molecular formula is C15H18N5O2PS. The largest absolute Gasteiger partial charge is 0.497 e. The number of aromatic nitrogens is 4. The standard InChI is InChI=1S/C15H18N5O2PS/c1-21-10-2-4-11(5-3-10)24-14-12-13(18-15(16)19-14)20(8-17-12)6-7-22-9-23/h2-5,8H,6-7,9,23H2,1H3,(H2,16,18,19). The fraction of sp³-hybridized carbons (Fsp3) is 0.267. The highest BCUT2D eigenvalue weighted by Crippen LogP contribution is 2.32. The maximum Gasteiger partial charge on any atom is 0.223 e. The van der Waals surface area contributed by atoms with Crippen molar-refractivity contribution in [3.63, 3.8) is 0 Å². The van der Waals surface area contributed by atoms with E-state index in [0.717, 1.165) is 21.2 Å². The highest BCUT2D eigenvalue weighted by molar-refractivity contribution is 7.99. The first-order valence-electron chi connectivity index (χ1n) is 7.29. The third-order valence-corrected chi connectivity index (χ3v) is 4.54. The summed E-state index contributed by atoms with van der Waals surface area (Å²) >= 11 is 1.50. The van der Waals surface area contributed by atoms with Crippen LogP contribution in [0.5, 0.6) is 5.75 Å². The van der Waals surface area contributed by atoms with Gasteiger partial charge in [-0.1, -0.05) is 11.8 Å². The molecule has 3 aromatic rings. The Labute approximate surface area is 146 Å². The first-order valence-corrected chi connectivity index (χ1v) is 8.92. The van der Waals surface area contributed by atoms with Crippen LogP contribution in [0.2, 0.25) is 0 Å². The van der Waals surface area contributed by atoms with Crippen molar-refractivity contribution in [1.82, 2.24) is 19.5 Å². The van der Waals surface area contributed by atoms with Crippen LogP contribution < -0.4 is 10.5 Å². The highest BCUT2D eigenvalue weighted by Gasteiger charge is 2.13. The molecule has 1 unspecified atom stereocenters. The summed E-state index contributed by atoms with van der Waals surface area (Å²) in [6.07, 6.45) is 2.34. The average Bonchev–Trinajstić information content (AvgIpc) is 2.99. The molecule has 1 aromatic carbocycles. The molecule has 1 atom stereocenters. The molecule has 2 aromatic heterocycles. The Kier molecular flexibility index (Phi) is 5.50. The van der Waals surface area contributed by atoms with Gasteiger partial charge in [0.05, 0.1) is 26.4 Å². The first kappa shape index (κ1) is 17.0. The lowest BCUT2D eigenvalue weighted by Crippen LogP contribution is -2.06. The fourth-order valence-electron chi connectivity index (χ4n) is 2.17. The van der Waals surface area contributed by atoms with Crippen molar-refractivity contribution in [1.29, 1.82) is 0 Å². The number of methoxy groups -OCH3 is 1.